The minimum atomic E-state index is -4.46. The van der Waals surface area contributed by atoms with Gasteiger partial charge in [-0.1, -0.05) is 6.07 Å². The van der Waals surface area contributed by atoms with E-state index in [4.69, 9.17) is 4.74 Å². The first-order valence-electron chi connectivity index (χ1n) is 9.03. The molecule has 2 aromatic heterocycles. The molecule has 4 rings (SSSR count). The number of amides is 1. The molecule has 1 fully saturated rings. The fraction of sp³-hybridized carbons (Fsp3) is 0.250. The number of carbonyl (C=O) groups is 1. The molecule has 0 spiro atoms. The second-order valence-corrected chi connectivity index (χ2v) is 8.43. The van der Waals surface area contributed by atoms with Crippen molar-refractivity contribution in [3.8, 4) is 11.6 Å². The van der Waals surface area contributed by atoms with Gasteiger partial charge < -0.3 is 10.1 Å². The number of hydrogen-bond acceptors (Lipinski definition) is 5. The predicted molar refractivity (Wildman–Crippen MR) is 105 cm³/mol. The van der Waals surface area contributed by atoms with Crippen LogP contribution in [0.15, 0.2) is 48.7 Å². The van der Waals surface area contributed by atoms with E-state index in [1.165, 1.54) is 0 Å². The van der Waals surface area contributed by atoms with Gasteiger partial charge in [0.05, 0.1) is 11.1 Å². The molecular weight excluding hydrogens is 419 g/mol. The molecule has 10 heteroatoms. The summed E-state index contributed by atoms with van der Waals surface area (Å²) in [5.74, 6) is 1.58. The Kier molecular flexibility index (Phi) is 5.42. The van der Waals surface area contributed by atoms with Crippen LogP contribution in [0.2, 0.25) is 0 Å². The van der Waals surface area contributed by atoms with Crippen molar-refractivity contribution < 1.29 is 26.9 Å². The molecule has 1 aromatic carbocycles. The molecule has 0 bridgehead atoms. The third-order valence-corrected chi connectivity index (χ3v) is 6.26. The van der Waals surface area contributed by atoms with Gasteiger partial charge in [-0.05, 0) is 36.2 Å². The summed E-state index contributed by atoms with van der Waals surface area (Å²) >= 11 is 0. The maximum absolute atomic E-state index is 12.6. The summed E-state index contributed by atoms with van der Waals surface area (Å²) in [7, 11) is -0.756. The van der Waals surface area contributed by atoms with Crippen molar-refractivity contribution in [1.29, 1.82) is 0 Å². The molecule has 30 heavy (non-hydrogen) atoms. The third-order valence-electron chi connectivity index (χ3n) is 4.57. The molecule has 0 saturated carbocycles. The highest BCUT2D eigenvalue weighted by Crippen LogP contribution is 2.30. The molecule has 1 aliphatic rings. The first-order chi connectivity index (χ1) is 14.3. The fourth-order valence-electron chi connectivity index (χ4n) is 2.95. The molecule has 3 heterocycles. The first-order valence-corrected chi connectivity index (χ1v) is 10.5. The van der Waals surface area contributed by atoms with Gasteiger partial charge in [0, 0.05) is 46.5 Å². The fourth-order valence-corrected chi connectivity index (χ4v) is 4.13. The molecule has 0 aliphatic carbocycles. The van der Waals surface area contributed by atoms with Gasteiger partial charge in [0.1, 0.15) is 11.4 Å². The highest BCUT2D eigenvalue weighted by Gasteiger charge is 2.30. The Hall–Kier alpha value is -3.01. The number of fused-ring (bicyclic) bond motifs is 1. The molecule has 6 nitrogen and oxygen atoms in total. The Morgan fingerprint density at radius 3 is 2.63 bits per heavy atom. The first kappa shape index (κ1) is 20.3. The molecule has 1 amide bonds. The molecule has 3 aromatic rings. The number of benzene rings is 1. The minimum Gasteiger partial charge on any atom is -0.439 e. The summed E-state index contributed by atoms with van der Waals surface area (Å²) in [5, 5.41) is 3.50. The highest BCUT2D eigenvalue weighted by atomic mass is 32.2. The summed E-state index contributed by atoms with van der Waals surface area (Å²) < 4.78 is 54.4. The topological polar surface area (TPSA) is 81.2 Å². The van der Waals surface area contributed by atoms with Gasteiger partial charge >= 0.3 is 6.18 Å². The number of hydrogen-bond donors (Lipinski definition) is 1. The van der Waals surface area contributed by atoms with Gasteiger partial charge in [-0.25, -0.2) is 9.97 Å². The summed E-state index contributed by atoms with van der Waals surface area (Å²) in [6, 6.07) is 10.3. The van der Waals surface area contributed by atoms with Gasteiger partial charge in [-0.15, -0.1) is 0 Å². The van der Waals surface area contributed by atoms with Gasteiger partial charge in [0.25, 0.3) is 5.91 Å². The number of nitrogens with one attached hydrogen (secondary N) is 1. The van der Waals surface area contributed by atoms with Crippen LogP contribution in [0, 0.1) is 5.92 Å². The number of pyridine rings is 2. The molecule has 0 atom stereocenters. The quantitative estimate of drug-likeness (QED) is 0.663. The number of halogens is 3. The van der Waals surface area contributed by atoms with E-state index in [1.807, 2.05) is 0 Å². The van der Waals surface area contributed by atoms with Crippen molar-refractivity contribution in [3.05, 3.63) is 59.9 Å². The summed E-state index contributed by atoms with van der Waals surface area (Å²) in [6.07, 6.45) is -3.75. The van der Waals surface area contributed by atoms with Crippen LogP contribution in [0.3, 0.4) is 0 Å². The Bertz CT molecular complexity index is 1110. The molecule has 156 valence electrons. The van der Waals surface area contributed by atoms with Crippen molar-refractivity contribution in [1.82, 2.24) is 15.3 Å². The van der Waals surface area contributed by atoms with Crippen molar-refractivity contribution in [2.75, 3.05) is 18.1 Å². The summed E-state index contributed by atoms with van der Waals surface area (Å²) in [6.45, 7) is 0.469. The lowest BCUT2D eigenvalue weighted by Gasteiger charge is -2.24. The van der Waals surface area contributed by atoms with E-state index in [2.05, 4.69) is 15.3 Å². The van der Waals surface area contributed by atoms with Gasteiger partial charge in [-0.3, -0.25) is 9.00 Å². The number of aromatic nitrogens is 2. The zero-order valence-corrected chi connectivity index (χ0v) is 16.3. The van der Waals surface area contributed by atoms with Crippen molar-refractivity contribution in [2.45, 2.75) is 6.18 Å². The molecule has 1 saturated heterocycles. The monoisotopic (exact) mass is 435 g/mol. The Labute approximate surface area is 171 Å². The lowest BCUT2D eigenvalue weighted by Crippen LogP contribution is -2.41. The lowest BCUT2D eigenvalue weighted by molar-refractivity contribution is -0.137. The number of carbonyl (C=O) groups excluding carboxylic acids is 1. The number of nitrogens with zero attached hydrogens (tertiary/aromatic N) is 2. The van der Waals surface area contributed by atoms with Crippen LogP contribution >= 0.6 is 0 Å². The smallest absolute Gasteiger partial charge is 0.417 e. The maximum Gasteiger partial charge on any atom is 0.417 e. The van der Waals surface area contributed by atoms with Crippen LogP contribution in [0.1, 0.15) is 16.1 Å². The second kappa shape index (κ2) is 8.02. The van der Waals surface area contributed by atoms with E-state index >= 15 is 0 Å². The highest BCUT2D eigenvalue weighted by molar-refractivity contribution is 7.86. The van der Waals surface area contributed by atoms with Crippen molar-refractivity contribution in [2.24, 2.45) is 5.92 Å². The lowest BCUT2D eigenvalue weighted by atomic mass is 10.1. The normalized spacial score (nSPS) is 18.6. The summed E-state index contributed by atoms with van der Waals surface area (Å²) in [5.41, 5.74) is -0.0184. The van der Waals surface area contributed by atoms with Crippen LogP contribution in [0.5, 0.6) is 11.6 Å². The zero-order chi connectivity index (χ0) is 21.3. The van der Waals surface area contributed by atoms with E-state index in [9.17, 15) is 22.2 Å². The van der Waals surface area contributed by atoms with Crippen molar-refractivity contribution >= 4 is 27.6 Å². The average molecular weight is 435 g/mol. The average Bonchev–Trinajstić information content (AvgIpc) is 2.69. The van der Waals surface area contributed by atoms with E-state index in [0.29, 0.717) is 40.9 Å². The number of rotatable bonds is 5. The van der Waals surface area contributed by atoms with Crippen LogP contribution in [0.4, 0.5) is 13.2 Å². The Morgan fingerprint density at radius 2 is 1.97 bits per heavy atom. The van der Waals surface area contributed by atoms with E-state index < -0.39 is 22.5 Å². The van der Waals surface area contributed by atoms with Crippen molar-refractivity contribution in [3.63, 3.8) is 0 Å². The van der Waals surface area contributed by atoms with Crippen LogP contribution in [-0.2, 0) is 17.0 Å². The zero-order valence-electron chi connectivity index (χ0n) is 15.5. The molecule has 1 N–H and O–H groups in total. The maximum atomic E-state index is 12.6. The van der Waals surface area contributed by atoms with Crippen LogP contribution in [-0.4, -0.2) is 38.1 Å². The number of alkyl halides is 3. The molecule has 1 aliphatic heterocycles. The van der Waals surface area contributed by atoms with E-state index in [1.54, 1.807) is 30.3 Å². The molecular formula is C20H16F3N3O3S. The van der Waals surface area contributed by atoms with Gasteiger partial charge in [0.2, 0.25) is 5.88 Å². The predicted octanol–water partition coefficient (Wildman–Crippen LogP) is 3.55. The third kappa shape index (κ3) is 4.59. The molecule has 0 unspecified atom stereocenters. The Morgan fingerprint density at radius 1 is 1.17 bits per heavy atom. The van der Waals surface area contributed by atoms with Gasteiger partial charge in [-0.2, -0.15) is 13.2 Å². The standard InChI is InChI=1S/C20H16F3N3O3S/c21-20(22,23)14-2-6-18(24-9-14)29-15-3-5-16-13(7-15)1-4-17(26-16)19(27)25-8-12-10-30(28)11-12/h1-7,9,12H,8,10-11H2,(H,25,27). The SMILES string of the molecule is O=C(NCC1CS(=O)C1)c1ccc2cc(Oc3ccc(C(F)(F)F)cn3)ccc2n1. The minimum absolute atomic E-state index is 0.0308. The Balaban J connectivity index is 1.43. The largest absolute Gasteiger partial charge is 0.439 e. The molecule has 0 radical (unpaired) electrons. The summed E-state index contributed by atoms with van der Waals surface area (Å²) in [4.78, 5) is 20.3. The van der Waals surface area contributed by atoms with Crippen LogP contribution < -0.4 is 10.1 Å². The number of ether oxygens (including phenoxy) is 1. The van der Waals surface area contributed by atoms with Crippen LogP contribution in [0.25, 0.3) is 10.9 Å². The van der Waals surface area contributed by atoms with Gasteiger partial charge in [0.15, 0.2) is 0 Å². The second-order valence-electron chi connectivity index (χ2n) is 6.89. The van der Waals surface area contributed by atoms with E-state index in [-0.39, 0.29) is 23.4 Å². The van der Waals surface area contributed by atoms with E-state index in [0.717, 1.165) is 12.1 Å².